The lowest BCUT2D eigenvalue weighted by molar-refractivity contribution is 0.413. The molecule has 1 unspecified atom stereocenters. The molecule has 1 aliphatic carbocycles. The second-order valence-corrected chi connectivity index (χ2v) is 5.58. The molecule has 1 heterocycles. The summed E-state index contributed by atoms with van der Waals surface area (Å²) >= 11 is 0. The molecule has 21 heavy (non-hydrogen) atoms. The topological polar surface area (TPSA) is 62.8 Å². The molecule has 2 N–H and O–H groups in total. The lowest BCUT2D eigenvalue weighted by Gasteiger charge is -2.19. The van der Waals surface area contributed by atoms with Gasteiger partial charge in [0.15, 0.2) is 0 Å². The number of hydrogen-bond acceptors (Lipinski definition) is 4. The van der Waals surface area contributed by atoms with Crippen molar-refractivity contribution in [2.24, 2.45) is 5.92 Å². The summed E-state index contributed by atoms with van der Waals surface area (Å²) in [4.78, 5) is 4.15. The SMILES string of the molecule is COc1ccc(C(NCCCc2ncn[nH]2)C2CC2)cc1. The monoisotopic (exact) mass is 286 g/mol. The lowest BCUT2D eigenvalue weighted by atomic mass is 10.0. The summed E-state index contributed by atoms with van der Waals surface area (Å²) in [6.07, 6.45) is 6.21. The van der Waals surface area contributed by atoms with Gasteiger partial charge in [0.25, 0.3) is 0 Å². The van der Waals surface area contributed by atoms with E-state index in [1.54, 1.807) is 13.4 Å². The zero-order valence-electron chi connectivity index (χ0n) is 12.4. The molecule has 3 rings (SSSR count). The van der Waals surface area contributed by atoms with Crippen LogP contribution in [0.1, 0.15) is 36.7 Å². The van der Waals surface area contributed by atoms with Crippen molar-refractivity contribution in [2.75, 3.05) is 13.7 Å². The molecule has 0 bridgehead atoms. The van der Waals surface area contributed by atoms with Crippen LogP contribution in [0, 0.1) is 5.92 Å². The highest BCUT2D eigenvalue weighted by atomic mass is 16.5. The number of aromatic amines is 1. The van der Waals surface area contributed by atoms with Crippen molar-refractivity contribution in [3.8, 4) is 5.75 Å². The smallest absolute Gasteiger partial charge is 0.137 e. The molecule has 1 aromatic carbocycles. The Morgan fingerprint density at radius 2 is 2.14 bits per heavy atom. The third-order valence-electron chi connectivity index (χ3n) is 3.99. The summed E-state index contributed by atoms with van der Waals surface area (Å²) in [5.74, 6) is 2.66. The van der Waals surface area contributed by atoms with Crippen LogP contribution in [0.5, 0.6) is 5.75 Å². The maximum atomic E-state index is 5.23. The Hall–Kier alpha value is -1.88. The zero-order valence-corrected chi connectivity index (χ0v) is 12.4. The molecule has 112 valence electrons. The Balaban J connectivity index is 1.52. The highest BCUT2D eigenvalue weighted by Gasteiger charge is 2.31. The van der Waals surface area contributed by atoms with Gasteiger partial charge < -0.3 is 10.1 Å². The first-order valence-corrected chi connectivity index (χ1v) is 7.58. The third-order valence-corrected chi connectivity index (χ3v) is 3.99. The van der Waals surface area contributed by atoms with Gasteiger partial charge in [0, 0.05) is 12.5 Å². The Morgan fingerprint density at radius 3 is 2.76 bits per heavy atom. The number of aromatic nitrogens is 3. The molecule has 1 fully saturated rings. The first-order valence-electron chi connectivity index (χ1n) is 7.58. The number of ether oxygens (including phenoxy) is 1. The quantitative estimate of drug-likeness (QED) is 0.732. The number of methoxy groups -OCH3 is 1. The van der Waals surface area contributed by atoms with Crippen molar-refractivity contribution in [2.45, 2.75) is 31.7 Å². The largest absolute Gasteiger partial charge is 0.497 e. The molecule has 1 aliphatic rings. The van der Waals surface area contributed by atoms with E-state index < -0.39 is 0 Å². The van der Waals surface area contributed by atoms with Gasteiger partial charge >= 0.3 is 0 Å². The summed E-state index contributed by atoms with van der Waals surface area (Å²) in [6.45, 7) is 0.994. The minimum Gasteiger partial charge on any atom is -0.497 e. The van der Waals surface area contributed by atoms with Crippen LogP contribution in [0.3, 0.4) is 0 Å². The summed E-state index contributed by atoms with van der Waals surface area (Å²) in [5, 5.41) is 10.5. The molecule has 0 radical (unpaired) electrons. The van der Waals surface area contributed by atoms with E-state index in [9.17, 15) is 0 Å². The standard InChI is InChI=1S/C16H22N4O/c1-21-14-8-6-13(7-9-14)16(12-4-5-12)17-10-2-3-15-18-11-19-20-15/h6-9,11-12,16-17H,2-5,10H2,1H3,(H,18,19,20). The van der Waals surface area contributed by atoms with E-state index in [0.29, 0.717) is 6.04 Å². The molecule has 0 aliphatic heterocycles. The summed E-state index contributed by atoms with van der Waals surface area (Å²) in [7, 11) is 1.70. The fourth-order valence-electron chi connectivity index (χ4n) is 2.66. The van der Waals surface area contributed by atoms with Gasteiger partial charge in [-0.25, -0.2) is 4.98 Å². The maximum Gasteiger partial charge on any atom is 0.137 e. The fraction of sp³-hybridized carbons (Fsp3) is 0.500. The van der Waals surface area contributed by atoms with Crippen LogP contribution >= 0.6 is 0 Å². The van der Waals surface area contributed by atoms with E-state index >= 15 is 0 Å². The van der Waals surface area contributed by atoms with Crippen LogP contribution in [0.25, 0.3) is 0 Å². The van der Waals surface area contributed by atoms with Gasteiger partial charge in [0.05, 0.1) is 7.11 Å². The molecule has 1 aromatic heterocycles. The Morgan fingerprint density at radius 1 is 1.33 bits per heavy atom. The lowest BCUT2D eigenvalue weighted by Crippen LogP contribution is -2.24. The number of benzene rings is 1. The molecule has 1 atom stereocenters. The van der Waals surface area contributed by atoms with Gasteiger partial charge in [0.2, 0.25) is 0 Å². The van der Waals surface area contributed by atoms with Gasteiger partial charge in [-0.1, -0.05) is 12.1 Å². The number of rotatable bonds is 8. The summed E-state index contributed by atoms with van der Waals surface area (Å²) in [6, 6.07) is 8.89. The molecule has 0 saturated heterocycles. The molecule has 0 spiro atoms. The first-order chi connectivity index (χ1) is 10.4. The number of aryl methyl sites for hydroxylation is 1. The van der Waals surface area contributed by atoms with E-state index in [0.717, 1.165) is 36.9 Å². The van der Waals surface area contributed by atoms with E-state index in [1.807, 2.05) is 12.1 Å². The van der Waals surface area contributed by atoms with Gasteiger partial charge in [0.1, 0.15) is 17.9 Å². The van der Waals surface area contributed by atoms with Crippen molar-refractivity contribution in [3.05, 3.63) is 42.0 Å². The maximum absolute atomic E-state index is 5.23. The minimum atomic E-state index is 0.464. The molecular weight excluding hydrogens is 264 g/mol. The van der Waals surface area contributed by atoms with E-state index in [4.69, 9.17) is 4.74 Å². The normalized spacial score (nSPS) is 15.9. The molecule has 5 heteroatoms. The fourth-order valence-corrected chi connectivity index (χ4v) is 2.66. The van der Waals surface area contributed by atoms with Gasteiger partial charge in [-0.05, 0) is 49.4 Å². The van der Waals surface area contributed by atoms with Crippen molar-refractivity contribution < 1.29 is 4.74 Å². The number of hydrogen-bond donors (Lipinski definition) is 2. The highest BCUT2D eigenvalue weighted by molar-refractivity contribution is 5.30. The first kappa shape index (κ1) is 14.1. The average Bonchev–Trinajstić information content (AvgIpc) is 3.23. The number of nitrogens with one attached hydrogen (secondary N) is 2. The second kappa shape index (κ2) is 6.72. The molecule has 2 aromatic rings. The van der Waals surface area contributed by atoms with E-state index in [1.165, 1.54) is 18.4 Å². The molecule has 0 amide bonds. The van der Waals surface area contributed by atoms with Crippen LogP contribution in [0.2, 0.25) is 0 Å². The predicted octanol–water partition coefficient (Wildman–Crippen LogP) is 2.49. The number of H-pyrrole nitrogens is 1. The highest BCUT2D eigenvalue weighted by Crippen LogP contribution is 2.41. The van der Waals surface area contributed by atoms with Gasteiger partial charge in [-0.15, -0.1) is 0 Å². The molecular formula is C16H22N4O. The Kier molecular flexibility index (Phi) is 4.50. The van der Waals surface area contributed by atoms with Crippen LogP contribution in [-0.2, 0) is 6.42 Å². The predicted molar refractivity (Wildman–Crippen MR) is 81.2 cm³/mol. The third kappa shape index (κ3) is 3.82. The van der Waals surface area contributed by atoms with Crippen LogP contribution in [0.15, 0.2) is 30.6 Å². The minimum absolute atomic E-state index is 0.464. The van der Waals surface area contributed by atoms with E-state index in [2.05, 4.69) is 32.6 Å². The summed E-state index contributed by atoms with van der Waals surface area (Å²) in [5.41, 5.74) is 1.36. The van der Waals surface area contributed by atoms with Crippen molar-refractivity contribution in [1.29, 1.82) is 0 Å². The summed E-state index contributed by atoms with van der Waals surface area (Å²) < 4.78 is 5.23. The van der Waals surface area contributed by atoms with E-state index in [-0.39, 0.29) is 0 Å². The Labute approximate surface area is 125 Å². The van der Waals surface area contributed by atoms with Gasteiger partial charge in [-0.2, -0.15) is 5.10 Å². The number of nitrogens with zero attached hydrogens (tertiary/aromatic N) is 2. The Bertz CT molecular complexity index is 534. The zero-order chi connectivity index (χ0) is 14.5. The van der Waals surface area contributed by atoms with Crippen LogP contribution in [-0.4, -0.2) is 28.8 Å². The van der Waals surface area contributed by atoms with Crippen LogP contribution in [0.4, 0.5) is 0 Å². The van der Waals surface area contributed by atoms with Crippen molar-refractivity contribution in [1.82, 2.24) is 20.5 Å². The van der Waals surface area contributed by atoms with Crippen molar-refractivity contribution >= 4 is 0 Å². The molecule has 5 nitrogen and oxygen atoms in total. The van der Waals surface area contributed by atoms with Gasteiger partial charge in [-0.3, -0.25) is 5.10 Å². The van der Waals surface area contributed by atoms with Crippen LogP contribution < -0.4 is 10.1 Å². The van der Waals surface area contributed by atoms with Crippen molar-refractivity contribution in [3.63, 3.8) is 0 Å². The second-order valence-electron chi connectivity index (χ2n) is 5.58. The molecule has 1 saturated carbocycles. The average molecular weight is 286 g/mol.